The summed E-state index contributed by atoms with van der Waals surface area (Å²) in [6.07, 6.45) is 0. The highest BCUT2D eigenvalue weighted by Gasteiger charge is 2.06. The van der Waals surface area contributed by atoms with E-state index < -0.39 is 0 Å². The minimum Gasteiger partial charge on any atom is -0.286 e. The van der Waals surface area contributed by atoms with Gasteiger partial charge in [0, 0.05) is 16.2 Å². The monoisotopic (exact) mass is 290 g/mol. The van der Waals surface area contributed by atoms with Crippen molar-refractivity contribution in [1.29, 1.82) is 0 Å². The number of thiocarbonyl (C=S) groups is 2. The SMILES string of the molecule is S=C(OOOC(=S)c1ccccc1)c1ccccc1. The summed E-state index contributed by atoms with van der Waals surface area (Å²) in [5.41, 5.74) is 1.46. The maximum atomic E-state index is 5.02. The van der Waals surface area contributed by atoms with Crippen molar-refractivity contribution in [3.63, 3.8) is 0 Å². The Kier molecular flexibility index (Phi) is 4.97. The van der Waals surface area contributed by atoms with Gasteiger partial charge in [0.1, 0.15) is 0 Å². The van der Waals surface area contributed by atoms with Gasteiger partial charge in [0.05, 0.1) is 0 Å². The summed E-state index contributed by atoms with van der Waals surface area (Å²) in [4.78, 5) is 9.68. The van der Waals surface area contributed by atoms with Crippen LogP contribution in [0, 0.1) is 0 Å². The van der Waals surface area contributed by atoms with E-state index in [0.717, 1.165) is 11.1 Å². The van der Waals surface area contributed by atoms with Gasteiger partial charge >= 0.3 is 0 Å². The van der Waals surface area contributed by atoms with Crippen molar-refractivity contribution < 1.29 is 14.8 Å². The van der Waals surface area contributed by atoms with Crippen LogP contribution >= 0.6 is 24.4 Å². The number of rotatable bonds is 4. The van der Waals surface area contributed by atoms with Crippen molar-refractivity contribution in [2.45, 2.75) is 0 Å². The Morgan fingerprint density at radius 3 is 1.37 bits per heavy atom. The highest BCUT2D eigenvalue weighted by molar-refractivity contribution is 7.80. The minimum atomic E-state index is 0.177. The first-order valence-electron chi connectivity index (χ1n) is 5.47. The molecule has 96 valence electrons. The minimum absolute atomic E-state index is 0.177. The third-order valence-electron chi connectivity index (χ3n) is 2.24. The Bertz CT molecular complexity index is 504. The van der Waals surface area contributed by atoms with Gasteiger partial charge in [-0.2, -0.15) is 0 Å². The predicted molar refractivity (Wildman–Crippen MR) is 79.5 cm³/mol. The average Bonchev–Trinajstić information content (AvgIpc) is 2.49. The van der Waals surface area contributed by atoms with Crippen molar-refractivity contribution in [3.8, 4) is 0 Å². The molecule has 5 heteroatoms. The molecular weight excluding hydrogens is 280 g/mol. The molecule has 0 saturated heterocycles. The van der Waals surface area contributed by atoms with Gasteiger partial charge < -0.3 is 0 Å². The molecule has 0 aliphatic heterocycles. The molecule has 0 saturated carbocycles. The molecule has 0 aliphatic rings. The second-order valence-electron chi connectivity index (χ2n) is 3.54. The standard InChI is InChI=1S/C14H10O3S2/c18-13(11-7-3-1-4-8-11)15-17-16-14(19)12-9-5-2-6-10-12/h1-10H. The molecule has 0 aromatic heterocycles. The molecule has 0 bridgehead atoms. The zero-order valence-electron chi connectivity index (χ0n) is 9.81. The third kappa shape index (κ3) is 4.10. The predicted octanol–water partition coefficient (Wildman–Crippen LogP) is 3.62. The molecule has 19 heavy (non-hydrogen) atoms. The van der Waals surface area contributed by atoms with E-state index in [1.165, 1.54) is 0 Å². The number of hydrogen-bond donors (Lipinski definition) is 0. The van der Waals surface area contributed by atoms with Gasteiger partial charge in [-0.15, -0.1) is 0 Å². The van der Waals surface area contributed by atoms with Crippen LogP contribution in [-0.4, -0.2) is 10.1 Å². The van der Waals surface area contributed by atoms with Crippen molar-refractivity contribution in [3.05, 3.63) is 71.8 Å². The summed E-state index contributed by atoms with van der Waals surface area (Å²) in [5, 5.41) is 4.94. The second-order valence-corrected chi connectivity index (χ2v) is 4.28. The molecule has 0 radical (unpaired) electrons. The Morgan fingerprint density at radius 1 is 0.632 bits per heavy atom. The second kappa shape index (κ2) is 6.94. The zero-order chi connectivity index (χ0) is 13.5. The smallest absolute Gasteiger partial charge is 0.240 e. The molecule has 0 atom stereocenters. The van der Waals surface area contributed by atoms with Gasteiger partial charge in [0.2, 0.25) is 10.1 Å². The van der Waals surface area contributed by atoms with Crippen molar-refractivity contribution in [2.75, 3.05) is 0 Å². The van der Waals surface area contributed by atoms with Crippen LogP contribution in [0.15, 0.2) is 60.7 Å². The Morgan fingerprint density at radius 2 is 1.00 bits per heavy atom. The summed E-state index contributed by atoms with van der Waals surface area (Å²) in [7, 11) is 0. The maximum Gasteiger partial charge on any atom is 0.240 e. The van der Waals surface area contributed by atoms with E-state index >= 15 is 0 Å². The Hall–Kier alpha value is -1.82. The Balaban J connectivity index is 1.81. The fourth-order valence-corrected chi connectivity index (χ4v) is 1.65. The van der Waals surface area contributed by atoms with Gasteiger partial charge in [0.25, 0.3) is 0 Å². The third-order valence-corrected chi connectivity index (χ3v) is 2.85. The number of benzene rings is 2. The van der Waals surface area contributed by atoms with E-state index in [2.05, 4.69) is 5.04 Å². The number of hydrogen-bond acceptors (Lipinski definition) is 5. The van der Waals surface area contributed by atoms with Crippen LogP contribution in [-0.2, 0) is 14.8 Å². The van der Waals surface area contributed by atoms with E-state index in [4.69, 9.17) is 34.2 Å². The van der Waals surface area contributed by atoms with E-state index in [0.29, 0.717) is 0 Å². The summed E-state index contributed by atoms with van der Waals surface area (Å²) in [6, 6.07) is 18.4. The van der Waals surface area contributed by atoms with Crippen LogP contribution in [0.4, 0.5) is 0 Å². The largest absolute Gasteiger partial charge is 0.286 e. The van der Waals surface area contributed by atoms with Gasteiger partial charge in [0.15, 0.2) is 0 Å². The van der Waals surface area contributed by atoms with Gasteiger partial charge in [-0.05, 0) is 24.4 Å². The highest BCUT2D eigenvalue weighted by Crippen LogP contribution is 2.06. The fraction of sp³-hybridized carbons (Fsp3) is 0. The van der Waals surface area contributed by atoms with Crippen LogP contribution in [0.5, 0.6) is 0 Å². The molecule has 2 rings (SSSR count). The van der Waals surface area contributed by atoms with Gasteiger partial charge in [-0.25, -0.2) is 0 Å². The lowest BCUT2D eigenvalue weighted by molar-refractivity contribution is -0.430. The maximum absolute atomic E-state index is 5.02. The average molecular weight is 290 g/mol. The lowest BCUT2D eigenvalue weighted by Crippen LogP contribution is -2.09. The first-order chi connectivity index (χ1) is 9.27. The molecule has 0 N–H and O–H groups in total. The van der Waals surface area contributed by atoms with Crippen molar-refractivity contribution >= 4 is 34.5 Å². The molecule has 0 amide bonds. The van der Waals surface area contributed by atoms with E-state index in [-0.39, 0.29) is 10.1 Å². The molecule has 0 unspecified atom stereocenters. The fourth-order valence-electron chi connectivity index (χ4n) is 1.32. The molecule has 2 aromatic rings. The first kappa shape index (κ1) is 13.6. The molecule has 3 nitrogen and oxygen atoms in total. The van der Waals surface area contributed by atoms with E-state index in [9.17, 15) is 0 Å². The van der Waals surface area contributed by atoms with E-state index in [1.807, 2.05) is 36.4 Å². The molecular formula is C14H10O3S2. The first-order valence-corrected chi connectivity index (χ1v) is 6.29. The van der Waals surface area contributed by atoms with Crippen LogP contribution in [0.2, 0.25) is 0 Å². The van der Waals surface area contributed by atoms with Crippen LogP contribution in [0.25, 0.3) is 0 Å². The van der Waals surface area contributed by atoms with Gasteiger partial charge in [-0.3, -0.25) is 9.78 Å². The summed E-state index contributed by atoms with van der Waals surface area (Å²) in [5.74, 6) is 0. The van der Waals surface area contributed by atoms with Crippen molar-refractivity contribution in [1.82, 2.24) is 0 Å². The van der Waals surface area contributed by atoms with Crippen LogP contribution in [0.1, 0.15) is 11.1 Å². The Labute approximate surface area is 121 Å². The lowest BCUT2D eigenvalue weighted by atomic mass is 10.2. The molecule has 0 aliphatic carbocycles. The molecule has 2 aromatic carbocycles. The molecule has 0 heterocycles. The van der Waals surface area contributed by atoms with Crippen LogP contribution < -0.4 is 0 Å². The zero-order valence-corrected chi connectivity index (χ0v) is 11.4. The van der Waals surface area contributed by atoms with Crippen molar-refractivity contribution in [2.24, 2.45) is 0 Å². The lowest BCUT2D eigenvalue weighted by Gasteiger charge is -2.06. The quantitative estimate of drug-likeness (QED) is 0.487. The van der Waals surface area contributed by atoms with Gasteiger partial charge in [-0.1, -0.05) is 60.7 Å². The summed E-state index contributed by atoms with van der Waals surface area (Å²) < 4.78 is 0. The molecule has 0 fully saturated rings. The summed E-state index contributed by atoms with van der Waals surface area (Å²) in [6.45, 7) is 0. The van der Waals surface area contributed by atoms with Crippen LogP contribution in [0.3, 0.4) is 0 Å². The topological polar surface area (TPSA) is 27.7 Å². The van der Waals surface area contributed by atoms with E-state index in [1.54, 1.807) is 24.3 Å². The highest BCUT2D eigenvalue weighted by atomic mass is 32.1. The summed E-state index contributed by atoms with van der Waals surface area (Å²) >= 11 is 10.0. The molecule has 0 spiro atoms. The normalized spacial score (nSPS) is 9.68.